The lowest BCUT2D eigenvalue weighted by Gasteiger charge is -2.10. The van der Waals surface area contributed by atoms with Gasteiger partial charge in [-0.25, -0.2) is 19.3 Å². The van der Waals surface area contributed by atoms with Gasteiger partial charge in [0, 0.05) is 22.7 Å². The molecule has 0 bridgehead atoms. The predicted molar refractivity (Wildman–Crippen MR) is 137 cm³/mol. The molecule has 176 valence electrons. The molecule has 3 aromatic heterocycles. The second-order valence-corrected chi connectivity index (χ2v) is 9.08. The fourth-order valence-corrected chi connectivity index (χ4v) is 4.71. The van der Waals surface area contributed by atoms with Crippen LogP contribution in [-0.4, -0.2) is 37.1 Å². The summed E-state index contributed by atoms with van der Waals surface area (Å²) in [6.07, 6.45) is 1.48. The Balaban J connectivity index is 1.55. The lowest BCUT2D eigenvalue weighted by molar-refractivity contribution is 0.0526. The second kappa shape index (κ2) is 9.27. The second-order valence-electron chi connectivity index (χ2n) is 8.24. The van der Waals surface area contributed by atoms with E-state index in [0.717, 1.165) is 32.9 Å². The molecule has 0 spiro atoms. The molecule has 3 heterocycles. The highest BCUT2D eigenvalue weighted by atomic mass is 32.1. The van der Waals surface area contributed by atoms with E-state index in [1.165, 1.54) is 23.1 Å². The minimum Gasteiger partial charge on any atom is -0.462 e. The number of rotatable bonds is 6. The zero-order valence-corrected chi connectivity index (χ0v) is 20.7. The molecule has 8 nitrogen and oxygen atoms in total. The first-order valence-electron chi connectivity index (χ1n) is 11.2. The van der Waals surface area contributed by atoms with E-state index in [1.54, 1.807) is 11.4 Å². The van der Waals surface area contributed by atoms with Crippen molar-refractivity contribution < 1.29 is 9.53 Å². The van der Waals surface area contributed by atoms with E-state index in [2.05, 4.69) is 57.4 Å². The highest BCUT2D eigenvalue weighted by Crippen LogP contribution is 2.30. The predicted octanol–water partition coefficient (Wildman–Crippen LogP) is 5.76. The van der Waals surface area contributed by atoms with Gasteiger partial charge in [-0.3, -0.25) is 0 Å². The fourth-order valence-electron chi connectivity index (χ4n) is 3.89. The van der Waals surface area contributed by atoms with E-state index in [1.807, 2.05) is 36.6 Å². The number of thiazole rings is 1. The summed E-state index contributed by atoms with van der Waals surface area (Å²) in [7, 11) is 0. The molecule has 0 atom stereocenters. The summed E-state index contributed by atoms with van der Waals surface area (Å²) >= 11 is 1.50. The molecule has 0 unspecified atom stereocenters. The zero-order chi connectivity index (χ0) is 24.5. The Bertz CT molecular complexity index is 1560. The van der Waals surface area contributed by atoms with Crippen LogP contribution in [0.4, 0.5) is 11.8 Å². The van der Waals surface area contributed by atoms with E-state index >= 15 is 0 Å². The smallest absolute Gasteiger partial charge is 0.343 e. The van der Waals surface area contributed by atoms with Gasteiger partial charge in [0.25, 0.3) is 0 Å². The third kappa shape index (κ3) is 4.50. The summed E-state index contributed by atoms with van der Waals surface area (Å²) in [6.45, 7) is 8.17. The molecular weight excluding hydrogens is 460 g/mol. The lowest BCUT2D eigenvalue weighted by atomic mass is 10.0. The van der Waals surface area contributed by atoms with E-state index in [9.17, 15) is 4.79 Å². The third-order valence-electron chi connectivity index (χ3n) is 5.53. The van der Waals surface area contributed by atoms with Crippen LogP contribution in [0.15, 0.2) is 54.0 Å². The lowest BCUT2D eigenvalue weighted by Crippen LogP contribution is -2.11. The molecule has 2 aromatic carbocycles. The molecule has 9 heteroatoms. The maximum Gasteiger partial charge on any atom is 0.343 e. The van der Waals surface area contributed by atoms with Crippen molar-refractivity contribution >= 4 is 34.0 Å². The summed E-state index contributed by atoms with van der Waals surface area (Å²) in [4.78, 5) is 27.0. The Morgan fingerprint density at radius 2 is 1.91 bits per heavy atom. The van der Waals surface area contributed by atoms with Crippen molar-refractivity contribution in [2.75, 3.05) is 11.9 Å². The maximum absolute atomic E-state index is 12.6. The van der Waals surface area contributed by atoms with Crippen LogP contribution in [0.5, 0.6) is 0 Å². The molecule has 0 aliphatic carbocycles. The number of fused-ring (bicyclic) bond motifs is 1. The van der Waals surface area contributed by atoms with Gasteiger partial charge in [0.2, 0.25) is 10.9 Å². The minimum absolute atomic E-state index is 0.219. The zero-order valence-electron chi connectivity index (χ0n) is 19.9. The van der Waals surface area contributed by atoms with Crippen LogP contribution in [0, 0.1) is 20.8 Å². The number of hydrogen-bond donors (Lipinski definition) is 1. The first-order chi connectivity index (χ1) is 16.9. The van der Waals surface area contributed by atoms with Crippen LogP contribution in [0.2, 0.25) is 0 Å². The number of anilines is 2. The van der Waals surface area contributed by atoms with Gasteiger partial charge in [-0.05, 0) is 39.3 Å². The quantitative estimate of drug-likeness (QED) is 0.306. The van der Waals surface area contributed by atoms with Gasteiger partial charge < -0.3 is 10.1 Å². The van der Waals surface area contributed by atoms with Gasteiger partial charge >= 0.3 is 5.97 Å². The van der Waals surface area contributed by atoms with Crippen molar-refractivity contribution in [1.82, 2.24) is 24.6 Å². The van der Waals surface area contributed by atoms with E-state index in [0.29, 0.717) is 17.6 Å². The molecule has 1 N–H and O–H groups in total. The molecule has 0 aliphatic rings. The molecule has 0 radical (unpaired) electrons. The number of nitrogens with zero attached hydrogens (tertiary/aromatic N) is 5. The molecular formula is C26H24N6O2S. The van der Waals surface area contributed by atoms with Crippen molar-refractivity contribution in [3.8, 4) is 22.6 Å². The summed E-state index contributed by atoms with van der Waals surface area (Å²) < 4.78 is 7.01. The van der Waals surface area contributed by atoms with Crippen LogP contribution in [-0.2, 0) is 4.74 Å². The molecule has 5 aromatic rings. The maximum atomic E-state index is 12.6. The number of esters is 1. The Morgan fingerprint density at radius 1 is 1.09 bits per heavy atom. The van der Waals surface area contributed by atoms with Crippen molar-refractivity contribution in [2.45, 2.75) is 27.7 Å². The Labute approximate surface area is 206 Å². The highest BCUT2D eigenvalue weighted by molar-refractivity contribution is 7.15. The molecule has 35 heavy (non-hydrogen) atoms. The number of aryl methyl sites for hydroxylation is 3. The van der Waals surface area contributed by atoms with Gasteiger partial charge in [0.15, 0.2) is 11.6 Å². The summed E-state index contributed by atoms with van der Waals surface area (Å²) in [6, 6.07) is 14.2. The average Bonchev–Trinajstić information content (AvgIpc) is 3.40. The Hall–Kier alpha value is -4.11. The van der Waals surface area contributed by atoms with Crippen molar-refractivity contribution in [1.29, 1.82) is 0 Å². The summed E-state index contributed by atoms with van der Waals surface area (Å²) in [5.74, 6) is 0.604. The molecule has 0 fully saturated rings. The van der Waals surface area contributed by atoms with Crippen LogP contribution in [0.3, 0.4) is 0 Å². The van der Waals surface area contributed by atoms with E-state index < -0.39 is 5.97 Å². The van der Waals surface area contributed by atoms with Gasteiger partial charge in [-0.1, -0.05) is 47.5 Å². The number of benzene rings is 2. The summed E-state index contributed by atoms with van der Waals surface area (Å²) in [5, 5.41) is 9.83. The van der Waals surface area contributed by atoms with Gasteiger partial charge in [0.05, 0.1) is 12.3 Å². The van der Waals surface area contributed by atoms with Crippen LogP contribution in [0.1, 0.15) is 34.0 Å². The largest absolute Gasteiger partial charge is 0.462 e. The highest BCUT2D eigenvalue weighted by Gasteiger charge is 2.20. The Kier molecular flexibility index (Phi) is 6.00. The monoisotopic (exact) mass is 484 g/mol. The number of carbonyl (C=O) groups excluding carboxylic acids is 1. The van der Waals surface area contributed by atoms with Crippen molar-refractivity contribution in [2.24, 2.45) is 0 Å². The van der Waals surface area contributed by atoms with E-state index in [4.69, 9.17) is 4.74 Å². The third-order valence-corrected chi connectivity index (χ3v) is 6.35. The molecule has 5 rings (SSSR count). The van der Waals surface area contributed by atoms with Gasteiger partial charge in [-0.15, -0.1) is 16.4 Å². The average molecular weight is 485 g/mol. The van der Waals surface area contributed by atoms with Crippen molar-refractivity contribution in [3.63, 3.8) is 0 Å². The van der Waals surface area contributed by atoms with Crippen molar-refractivity contribution in [3.05, 3.63) is 76.3 Å². The number of carbonyl (C=O) groups is 1. The molecule has 0 aliphatic heterocycles. The fraction of sp³-hybridized carbons (Fsp3) is 0.192. The van der Waals surface area contributed by atoms with Crippen LogP contribution in [0.25, 0.3) is 27.6 Å². The van der Waals surface area contributed by atoms with Crippen LogP contribution < -0.4 is 5.32 Å². The first kappa shape index (κ1) is 22.7. The van der Waals surface area contributed by atoms with Crippen LogP contribution >= 0.6 is 11.3 Å². The Morgan fingerprint density at radius 3 is 2.69 bits per heavy atom. The van der Waals surface area contributed by atoms with Gasteiger partial charge in [-0.2, -0.15) is 4.98 Å². The van der Waals surface area contributed by atoms with E-state index in [-0.39, 0.29) is 12.2 Å². The normalized spacial score (nSPS) is 11.1. The number of nitrogens with one attached hydrogen (secondary N) is 1. The number of ether oxygens (including phenoxy) is 1. The minimum atomic E-state index is -0.511. The molecule has 0 saturated heterocycles. The first-order valence-corrected chi connectivity index (χ1v) is 12.1. The standard InChI is InChI=1S/C26H24N6O2S/c1-5-34-24(33)20-13-27-22(18-8-6-7-15(2)12-18)28-23(20)29-25-30-26-32(31-25)21(14-35-26)19-10-9-16(3)11-17(19)4/h6-14H,5H2,1-4H3,(H,27,28,29,31). The molecule has 0 amide bonds. The van der Waals surface area contributed by atoms with Gasteiger partial charge in [0.1, 0.15) is 5.56 Å². The number of hydrogen-bond acceptors (Lipinski definition) is 8. The SMILES string of the molecule is CCOC(=O)c1cnc(-c2cccc(C)c2)nc1Nc1nc2scc(-c3ccc(C)cc3C)n2n1. The summed E-state index contributed by atoms with van der Waals surface area (Å²) in [5.41, 5.74) is 6.57. The topological polar surface area (TPSA) is 94.3 Å². The number of aromatic nitrogens is 5. The molecule has 0 saturated carbocycles.